The number of aliphatic imine (C=N–C) groups is 1. The molecular weight excluding hydrogens is 310 g/mol. The van der Waals surface area contributed by atoms with Gasteiger partial charge in [-0.15, -0.1) is 0 Å². The molecule has 3 fully saturated rings. The Kier molecular flexibility index (Phi) is 7.41. The van der Waals surface area contributed by atoms with Crippen LogP contribution in [-0.4, -0.2) is 74.2 Å². The predicted molar refractivity (Wildman–Crippen MR) is 106 cm³/mol. The molecule has 1 atom stereocenters. The highest BCUT2D eigenvalue weighted by Gasteiger charge is 2.30. The molecule has 144 valence electrons. The lowest BCUT2D eigenvalue weighted by molar-refractivity contribution is 0.187. The zero-order chi connectivity index (χ0) is 17.5. The summed E-state index contributed by atoms with van der Waals surface area (Å²) in [5, 5.41) is 7.22. The van der Waals surface area contributed by atoms with Crippen LogP contribution in [0.4, 0.5) is 0 Å². The molecule has 3 rings (SSSR count). The fourth-order valence-electron chi connectivity index (χ4n) is 4.88. The molecule has 1 aliphatic carbocycles. The van der Waals surface area contributed by atoms with Crippen molar-refractivity contribution in [1.29, 1.82) is 0 Å². The number of guanidine groups is 1. The maximum atomic E-state index is 4.45. The van der Waals surface area contributed by atoms with Gasteiger partial charge in [0.25, 0.3) is 0 Å². The van der Waals surface area contributed by atoms with Gasteiger partial charge in [-0.2, -0.15) is 0 Å². The molecule has 0 aromatic heterocycles. The van der Waals surface area contributed by atoms with E-state index < -0.39 is 0 Å². The number of hydrogen-bond acceptors (Lipinski definition) is 3. The van der Waals surface area contributed by atoms with Gasteiger partial charge in [0.1, 0.15) is 0 Å². The Morgan fingerprint density at radius 3 is 2.48 bits per heavy atom. The zero-order valence-electron chi connectivity index (χ0n) is 16.5. The molecule has 1 unspecified atom stereocenters. The van der Waals surface area contributed by atoms with Crippen LogP contribution >= 0.6 is 0 Å². The third kappa shape index (κ3) is 5.58. The number of hydrogen-bond donors (Lipinski definition) is 2. The van der Waals surface area contributed by atoms with Crippen molar-refractivity contribution in [2.45, 2.75) is 70.4 Å². The highest BCUT2D eigenvalue weighted by molar-refractivity contribution is 5.79. The number of piperidine rings is 1. The summed E-state index contributed by atoms with van der Waals surface area (Å²) < 4.78 is 0. The van der Waals surface area contributed by atoms with Crippen LogP contribution in [0.5, 0.6) is 0 Å². The number of nitrogens with zero attached hydrogens (tertiary/aromatic N) is 3. The van der Waals surface area contributed by atoms with E-state index in [-0.39, 0.29) is 0 Å². The van der Waals surface area contributed by atoms with E-state index >= 15 is 0 Å². The molecule has 5 nitrogen and oxygen atoms in total. The van der Waals surface area contributed by atoms with Crippen molar-refractivity contribution in [3.05, 3.63) is 0 Å². The second kappa shape index (κ2) is 9.77. The van der Waals surface area contributed by atoms with E-state index in [0.29, 0.717) is 6.04 Å². The molecular formula is C20H39N5. The molecule has 25 heavy (non-hydrogen) atoms. The molecule has 2 saturated heterocycles. The average molecular weight is 350 g/mol. The van der Waals surface area contributed by atoms with Gasteiger partial charge in [-0.05, 0) is 64.1 Å². The Labute approximate surface area is 154 Å². The van der Waals surface area contributed by atoms with Crippen molar-refractivity contribution in [1.82, 2.24) is 20.4 Å². The molecule has 0 aromatic rings. The molecule has 2 N–H and O–H groups in total. The van der Waals surface area contributed by atoms with E-state index in [4.69, 9.17) is 0 Å². The summed E-state index contributed by atoms with van der Waals surface area (Å²) in [7, 11) is 1.90. The van der Waals surface area contributed by atoms with Crippen LogP contribution in [0.15, 0.2) is 4.99 Å². The first-order chi connectivity index (χ1) is 12.3. The fourth-order valence-corrected chi connectivity index (χ4v) is 4.88. The monoisotopic (exact) mass is 349 g/mol. The minimum Gasteiger partial charge on any atom is -0.356 e. The van der Waals surface area contributed by atoms with E-state index in [2.05, 4.69) is 32.3 Å². The standard InChI is InChI=1S/C20H39N5/c1-3-24-13-9-17(10-14-24)8-12-22-20(21-2)23-18-11-15-25(16-18)19-6-4-5-7-19/h17-19H,3-16H2,1-2H3,(H2,21,22,23). The van der Waals surface area contributed by atoms with Gasteiger partial charge in [0.15, 0.2) is 5.96 Å². The van der Waals surface area contributed by atoms with Crippen LogP contribution in [-0.2, 0) is 0 Å². The van der Waals surface area contributed by atoms with Gasteiger partial charge in [-0.1, -0.05) is 19.8 Å². The number of nitrogens with one attached hydrogen (secondary N) is 2. The normalized spacial score (nSPS) is 27.9. The van der Waals surface area contributed by atoms with Crippen molar-refractivity contribution in [2.24, 2.45) is 10.9 Å². The van der Waals surface area contributed by atoms with E-state index in [0.717, 1.165) is 24.5 Å². The quantitative estimate of drug-likeness (QED) is 0.570. The van der Waals surface area contributed by atoms with Crippen molar-refractivity contribution < 1.29 is 0 Å². The summed E-state index contributed by atoms with van der Waals surface area (Å²) in [4.78, 5) is 9.73. The zero-order valence-corrected chi connectivity index (χ0v) is 16.5. The SMILES string of the molecule is CCN1CCC(CCNC(=NC)NC2CCN(C3CCCC3)C2)CC1. The third-order valence-corrected chi connectivity index (χ3v) is 6.62. The second-order valence-electron chi connectivity index (χ2n) is 8.23. The first kappa shape index (κ1) is 19.0. The van der Waals surface area contributed by atoms with Crippen molar-refractivity contribution in [2.75, 3.05) is 46.3 Å². The lowest BCUT2D eigenvalue weighted by Crippen LogP contribution is -2.45. The molecule has 0 spiro atoms. The first-order valence-electron chi connectivity index (χ1n) is 10.7. The summed E-state index contributed by atoms with van der Waals surface area (Å²) in [5.74, 6) is 1.89. The highest BCUT2D eigenvalue weighted by atomic mass is 15.3. The molecule has 2 aliphatic heterocycles. The van der Waals surface area contributed by atoms with Crippen molar-refractivity contribution >= 4 is 5.96 Å². The molecule has 5 heteroatoms. The topological polar surface area (TPSA) is 42.9 Å². The molecule has 1 saturated carbocycles. The molecule has 0 bridgehead atoms. The fraction of sp³-hybridized carbons (Fsp3) is 0.950. The first-order valence-corrected chi connectivity index (χ1v) is 10.7. The van der Waals surface area contributed by atoms with Crippen LogP contribution in [0.3, 0.4) is 0 Å². The van der Waals surface area contributed by atoms with E-state index in [1.165, 1.54) is 84.1 Å². The van der Waals surface area contributed by atoms with Crippen LogP contribution in [0.1, 0.15) is 58.3 Å². The predicted octanol–water partition coefficient (Wildman–Crippen LogP) is 2.29. The van der Waals surface area contributed by atoms with Gasteiger partial charge in [-0.3, -0.25) is 9.89 Å². The third-order valence-electron chi connectivity index (χ3n) is 6.62. The Morgan fingerprint density at radius 1 is 1.04 bits per heavy atom. The summed E-state index contributed by atoms with van der Waals surface area (Å²) >= 11 is 0. The van der Waals surface area contributed by atoms with Crippen LogP contribution < -0.4 is 10.6 Å². The maximum Gasteiger partial charge on any atom is 0.191 e. The second-order valence-corrected chi connectivity index (χ2v) is 8.23. The van der Waals surface area contributed by atoms with Gasteiger partial charge in [-0.25, -0.2) is 0 Å². The lowest BCUT2D eigenvalue weighted by Gasteiger charge is -2.31. The van der Waals surface area contributed by atoms with Gasteiger partial charge < -0.3 is 15.5 Å². The number of rotatable bonds is 6. The van der Waals surface area contributed by atoms with E-state index in [1.807, 2.05) is 7.05 Å². The Balaban J connectivity index is 1.32. The van der Waals surface area contributed by atoms with Crippen LogP contribution in [0, 0.1) is 5.92 Å². The van der Waals surface area contributed by atoms with E-state index in [9.17, 15) is 0 Å². The average Bonchev–Trinajstić information content (AvgIpc) is 3.33. The van der Waals surface area contributed by atoms with Gasteiger partial charge >= 0.3 is 0 Å². The maximum absolute atomic E-state index is 4.45. The highest BCUT2D eigenvalue weighted by Crippen LogP contribution is 2.26. The largest absolute Gasteiger partial charge is 0.356 e. The van der Waals surface area contributed by atoms with Crippen molar-refractivity contribution in [3.63, 3.8) is 0 Å². The minimum atomic E-state index is 0.569. The molecule has 0 radical (unpaired) electrons. The minimum absolute atomic E-state index is 0.569. The number of likely N-dealkylation sites (tertiary alicyclic amines) is 2. The molecule has 3 aliphatic rings. The smallest absolute Gasteiger partial charge is 0.191 e. The van der Waals surface area contributed by atoms with Crippen molar-refractivity contribution in [3.8, 4) is 0 Å². The summed E-state index contributed by atoms with van der Waals surface area (Å²) in [6, 6.07) is 1.43. The van der Waals surface area contributed by atoms with Gasteiger partial charge in [0.05, 0.1) is 0 Å². The summed E-state index contributed by atoms with van der Waals surface area (Å²) in [6.07, 6.45) is 10.9. The lowest BCUT2D eigenvalue weighted by atomic mass is 9.93. The molecule has 0 aromatic carbocycles. The molecule has 2 heterocycles. The van der Waals surface area contributed by atoms with Gasteiger partial charge in [0, 0.05) is 38.8 Å². The van der Waals surface area contributed by atoms with E-state index in [1.54, 1.807) is 0 Å². The van der Waals surface area contributed by atoms with Crippen LogP contribution in [0.2, 0.25) is 0 Å². The summed E-state index contributed by atoms with van der Waals surface area (Å²) in [6.45, 7) is 9.56. The summed E-state index contributed by atoms with van der Waals surface area (Å²) in [5.41, 5.74) is 0. The Morgan fingerprint density at radius 2 is 1.80 bits per heavy atom. The Bertz CT molecular complexity index is 410. The Hall–Kier alpha value is -0.810. The van der Waals surface area contributed by atoms with Crippen LogP contribution in [0.25, 0.3) is 0 Å². The van der Waals surface area contributed by atoms with Gasteiger partial charge in [0.2, 0.25) is 0 Å². The molecule has 0 amide bonds.